The second kappa shape index (κ2) is 10.6. The van der Waals surface area contributed by atoms with Crippen LogP contribution in [0.5, 0.6) is 5.75 Å². The SMILES string of the molecule is C[C@@H]1CN([C@@H](C)CO)S(=O)(=O)c2ccc(C#Cc3ccc(F)cc3)cc2O[C@H]1CN(C)S(C)(=O)=O. The number of likely N-dealkylation sites (N-methyl/N-ethyl adjacent to an activating group) is 1. The van der Waals surface area contributed by atoms with Gasteiger partial charge in [0.1, 0.15) is 22.6 Å². The first-order valence-electron chi connectivity index (χ1n) is 10.9. The van der Waals surface area contributed by atoms with Crippen LogP contribution in [0.25, 0.3) is 0 Å². The van der Waals surface area contributed by atoms with Crippen molar-refractivity contribution in [3.8, 4) is 17.6 Å². The van der Waals surface area contributed by atoms with Gasteiger partial charge in [0.2, 0.25) is 20.0 Å². The molecule has 35 heavy (non-hydrogen) atoms. The summed E-state index contributed by atoms with van der Waals surface area (Å²) in [5.41, 5.74) is 1.05. The van der Waals surface area contributed by atoms with Crippen LogP contribution in [-0.2, 0) is 20.0 Å². The maximum Gasteiger partial charge on any atom is 0.247 e. The third-order valence-electron chi connectivity index (χ3n) is 5.87. The Bertz CT molecular complexity index is 1330. The fourth-order valence-electron chi connectivity index (χ4n) is 3.59. The molecule has 0 aromatic heterocycles. The number of fused-ring (bicyclic) bond motifs is 1. The lowest BCUT2D eigenvalue weighted by atomic mass is 10.0. The van der Waals surface area contributed by atoms with Gasteiger partial charge in [-0.15, -0.1) is 0 Å². The topological polar surface area (TPSA) is 104 Å². The van der Waals surface area contributed by atoms with Gasteiger partial charge in [0, 0.05) is 36.7 Å². The van der Waals surface area contributed by atoms with Crippen molar-refractivity contribution in [2.75, 3.05) is 33.0 Å². The summed E-state index contributed by atoms with van der Waals surface area (Å²) >= 11 is 0. The lowest BCUT2D eigenvalue weighted by Gasteiger charge is -2.37. The Labute approximate surface area is 206 Å². The molecule has 0 fully saturated rings. The molecule has 0 amide bonds. The lowest BCUT2D eigenvalue weighted by molar-refractivity contribution is 0.0905. The fraction of sp³-hybridized carbons (Fsp3) is 0.417. The third kappa shape index (κ3) is 6.39. The monoisotopic (exact) mass is 524 g/mol. The third-order valence-corrected chi connectivity index (χ3v) is 9.17. The van der Waals surface area contributed by atoms with E-state index in [4.69, 9.17) is 4.74 Å². The van der Waals surface area contributed by atoms with Crippen molar-refractivity contribution in [1.82, 2.24) is 8.61 Å². The van der Waals surface area contributed by atoms with Crippen molar-refractivity contribution in [3.63, 3.8) is 0 Å². The zero-order valence-corrected chi connectivity index (χ0v) is 21.6. The number of nitrogens with zero attached hydrogens (tertiary/aromatic N) is 2. The molecule has 2 aromatic rings. The number of rotatable bonds is 5. The molecule has 0 radical (unpaired) electrons. The standard InChI is InChI=1S/C24H29FN2O6S2/c1-17-14-27(18(2)16-28)35(31,32)24-12-9-20(6-5-19-7-10-21(25)11-8-19)13-22(24)33-23(17)15-26(3)34(4,29)30/h7-13,17-18,23,28H,14-16H2,1-4H3/t17-,18+,23+/m1/s1. The molecule has 3 rings (SSSR count). The number of hydrogen-bond acceptors (Lipinski definition) is 6. The molecular weight excluding hydrogens is 495 g/mol. The van der Waals surface area contributed by atoms with E-state index in [1.807, 2.05) is 0 Å². The first kappa shape index (κ1) is 27.1. The molecule has 0 unspecified atom stereocenters. The molecule has 3 atom stereocenters. The molecule has 0 spiro atoms. The zero-order chi connectivity index (χ0) is 26.0. The van der Waals surface area contributed by atoms with Gasteiger partial charge in [-0.05, 0) is 49.4 Å². The van der Waals surface area contributed by atoms with E-state index in [1.165, 1.54) is 47.8 Å². The molecule has 1 aliphatic heterocycles. The Morgan fingerprint density at radius 3 is 2.40 bits per heavy atom. The molecule has 2 aromatic carbocycles. The highest BCUT2D eigenvalue weighted by atomic mass is 32.2. The smallest absolute Gasteiger partial charge is 0.247 e. The summed E-state index contributed by atoms with van der Waals surface area (Å²) < 4.78 is 72.7. The van der Waals surface area contributed by atoms with Gasteiger partial charge in [-0.3, -0.25) is 0 Å². The van der Waals surface area contributed by atoms with Crippen LogP contribution in [0.4, 0.5) is 4.39 Å². The maximum absolute atomic E-state index is 13.5. The molecule has 0 bridgehead atoms. The minimum absolute atomic E-state index is 0.00627. The average molecular weight is 525 g/mol. The van der Waals surface area contributed by atoms with Crippen molar-refractivity contribution in [2.24, 2.45) is 5.92 Å². The van der Waals surface area contributed by atoms with Crippen LogP contribution >= 0.6 is 0 Å². The first-order chi connectivity index (χ1) is 16.3. The van der Waals surface area contributed by atoms with Gasteiger partial charge in [-0.2, -0.15) is 4.31 Å². The minimum Gasteiger partial charge on any atom is -0.487 e. The van der Waals surface area contributed by atoms with Crippen LogP contribution < -0.4 is 4.74 Å². The van der Waals surface area contributed by atoms with Gasteiger partial charge in [-0.25, -0.2) is 25.5 Å². The summed E-state index contributed by atoms with van der Waals surface area (Å²) in [4.78, 5) is -0.0935. The van der Waals surface area contributed by atoms with Gasteiger partial charge < -0.3 is 9.84 Å². The van der Waals surface area contributed by atoms with Gasteiger partial charge in [-0.1, -0.05) is 18.8 Å². The van der Waals surface area contributed by atoms with E-state index in [-0.39, 0.29) is 36.2 Å². The van der Waals surface area contributed by atoms with Crippen molar-refractivity contribution >= 4 is 20.0 Å². The summed E-state index contributed by atoms with van der Waals surface area (Å²) in [5.74, 6) is 5.09. The molecule has 0 saturated heterocycles. The summed E-state index contributed by atoms with van der Waals surface area (Å²) in [6.07, 6.45) is 0.417. The highest BCUT2D eigenvalue weighted by molar-refractivity contribution is 7.89. The summed E-state index contributed by atoms with van der Waals surface area (Å²) in [6, 6.07) is 9.39. The number of halogens is 1. The summed E-state index contributed by atoms with van der Waals surface area (Å²) in [7, 11) is -6.10. The Hall–Kier alpha value is -2.49. The summed E-state index contributed by atoms with van der Waals surface area (Å²) in [5, 5.41) is 9.71. The molecule has 0 aliphatic carbocycles. The molecule has 1 aliphatic rings. The van der Waals surface area contributed by atoms with Crippen molar-refractivity contribution < 1.29 is 31.1 Å². The Kier molecular flexibility index (Phi) is 8.24. The van der Waals surface area contributed by atoms with E-state index < -0.39 is 38.1 Å². The lowest BCUT2D eigenvalue weighted by Crippen LogP contribution is -2.50. The van der Waals surface area contributed by atoms with Crippen molar-refractivity contribution in [2.45, 2.75) is 30.9 Å². The molecule has 1 N–H and O–H groups in total. The number of benzene rings is 2. The Morgan fingerprint density at radius 2 is 1.80 bits per heavy atom. The molecule has 190 valence electrons. The normalized spacial score (nSPS) is 21.1. The van der Waals surface area contributed by atoms with Gasteiger partial charge in [0.15, 0.2) is 0 Å². The van der Waals surface area contributed by atoms with Crippen LogP contribution in [0.3, 0.4) is 0 Å². The van der Waals surface area contributed by atoms with Crippen LogP contribution in [0.2, 0.25) is 0 Å². The van der Waals surface area contributed by atoms with Crippen molar-refractivity contribution in [3.05, 3.63) is 59.4 Å². The largest absolute Gasteiger partial charge is 0.487 e. The zero-order valence-electron chi connectivity index (χ0n) is 20.0. The summed E-state index contributed by atoms with van der Waals surface area (Å²) in [6.45, 7) is 3.05. The number of sulfonamides is 2. The van der Waals surface area contributed by atoms with E-state index in [0.717, 1.165) is 10.6 Å². The second-order valence-corrected chi connectivity index (χ2v) is 12.7. The predicted octanol–water partition coefficient (Wildman–Crippen LogP) is 1.89. The van der Waals surface area contributed by atoms with E-state index >= 15 is 0 Å². The van der Waals surface area contributed by atoms with Gasteiger partial charge in [0.25, 0.3) is 0 Å². The first-order valence-corrected chi connectivity index (χ1v) is 14.2. The highest BCUT2D eigenvalue weighted by Gasteiger charge is 2.38. The number of ether oxygens (including phenoxy) is 1. The molecule has 0 saturated carbocycles. The minimum atomic E-state index is -4.03. The van der Waals surface area contributed by atoms with E-state index in [1.54, 1.807) is 19.9 Å². The van der Waals surface area contributed by atoms with Crippen LogP contribution in [0, 0.1) is 23.6 Å². The second-order valence-electron chi connectivity index (χ2n) is 8.70. The fourth-order valence-corrected chi connectivity index (χ4v) is 5.83. The quantitative estimate of drug-likeness (QED) is 0.599. The Balaban J connectivity index is 2.08. The van der Waals surface area contributed by atoms with Crippen molar-refractivity contribution in [1.29, 1.82) is 0 Å². The van der Waals surface area contributed by atoms with Crippen LogP contribution in [0.1, 0.15) is 25.0 Å². The molecular formula is C24H29FN2O6S2. The van der Waals surface area contributed by atoms with Gasteiger partial charge in [0.05, 0.1) is 19.4 Å². The number of hydrogen-bond donors (Lipinski definition) is 1. The van der Waals surface area contributed by atoms with E-state index in [2.05, 4.69) is 11.8 Å². The number of aliphatic hydroxyl groups is 1. The predicted molar refractivity (Wildman–Crippen MR) is 130 cm³/mol. The highest BCUT2D eigenvalue weighted by Crippen LogP contribution is 2.34. The average Bonchev–Trinajstić information content (AvgIpc) is 2.79. The molecule has 8 nitrogen and oxygen atoms in total. The van der Waals surface area contributed by atoms with Gasteiger partial charge >= 0.3 is 0 Å². The maximum atomic E-state index is 13.5. The number of aliphatic hydroxyl groups excluding tert-OH is 1. The molecule has 11 heteroatoms. The van der Waals surface area contributed by atoms with E-state index in [0.29, 0.717) is 11.1 Å². The van der Waals surface area contributed by atoms with Crippen LogP contribution in [0.15, 0.2) is 47.4 Å². The van der Waals surface area contributed by atoms with Crippen LogP contribution in [-0.4, -0.2) is 75.7 Å². The van der Waals surface area contributed by atoms with E-state index in [9.17, 15) is 26.3 Å². The Morgan fingerprint density at radius 1 is 1.20 bits per heavy atom. The molecule has 1 heterocycles.